The Labute approximate surface area is 60.0 Å². The van der Waals surface area contributed by atoms with Gasteiger partial charge in [0.15, 0.2) is 0 Å². The van der Waals surface area contributed by atoms with Crippen LogP contribution in [0.2, 0.25) is 0 Å². The Bertz CT molecular complexity index is 163. The number of hydrogen-bond donors (Lipinski definition) is 2. The summed E-state index contributed by atoms with van der Waals surface area (Å²) in [5, 5.41) is 2.90. The highest BCUT2D eigenvalue weighted by Crippen LogP contribution is 2.39. The predicted molar refractivity (Wildman–Crippen MR) is 37.2 cm³/mol. The molecule has 0 aromatic heterocycles. The number of nitrogens with two attached hydrogens (primary N) is 1. The van der Waals surface area contributed by atoms with Crippen molar-refractivity contribution in [3.63, 3.8) is 0 Å². The van der Waals surface area contributed by atoms with Crippen LogP contribution in [0.4, 0.5) is 0 Å². The zero-order valence-electron chi connectivity index (χ0n) is 5.84. The molecule has 1 aliphatic carbocycles. The van der Waals surface area contributed by atoms with Crippen molar-refractivity contribution in [3.05, 3.63) is 0 Å². The number of nitrogens with one attached hydrogen (secondary N) is 1. The van der Waals surface area contributed by atoms with Gasteiger partial charge in [-0.3, -0.25) is 4.79 Å². The summed E-state index contributed by atoms with van der Waals surface area (Å²) in [6.07, 6.45) is 2.15. The number of fused-ring (bicyclic) bond motifs is 2. The fourth-order valence-corrected chi connectivity index (χ4v) is 1.87. The maximum atomic E-state index is 11.0. The predicted octanol–water partition coefficient (Wildman–Crippen LogP) is -0.530. The third kappa shape index (κ3) is 0.669. The first-order valence-electron chi connectivity index (χ1n) is 3.81. The Morgan fingerprint density at radius 1 is 1.60 bits per heavy atom. The second-order valence-corrected chi connectivity index (χ2v) is 3.28. The number of carbonyl (C=O) groups excluding carboxylic acids is 1. The molecule has 1 saturated carbocycles. The molecule has 2 aliphatic heterocycles. The Kier molecular flexibility index (Phi) is 1.20. The van der Waals surface area contributed by atoms with Gasteiger partial charge in [-0.05, 0) is 18.8 Å². The molecular weight excluding hydrogens is 128 g/mol. The maximum absolute atomic E-state index is 11.0. The van der Waals surface area contributed by atoms with Crippen LogP contribution < -0.4 is 11.1 Å². The normalized spacial score (nSPS) is 44.1. The molecule has 3 nitrogen and oxygen atoms in total. The lowest BCUT2D eigenvalue weighted by molar-refractivity contribution is -0.136. The van der Waals surface area contributed by atoms with E-state index in [1.165, 1.54) is 0 Å². The molecule has 3 aliphatic rings. The average Bonchev–Trinajstić information content (AvgIpc) is 1.84. The number of rotatable bonds is 1. The molecule has 1 unspecified atom stereocenters. The number of piperidine rings is 2. The molecule has 0 aromatic carbocycles. The Balaban J connectivity index is 2.05. The van der Waals surface area contributed by atoms with Gasteiger partial charge >= 0.3 is 0 Å². The summed E-state index contributed by atoms with van der Waals surface area (Å²) in [7, 11) is 0. The molecule has 1 amide bonds. The van der Waals surface area contributed by atoms with E-state index >= 15 is 0 Å². The maximum Gasteiger partial charge on any atom is 0.223 e. The van der Waals surface area contributed by atoms with Crippen molar-refractivity contribution >= 4 is 5.91 Å². The molecule has 2 bridgehead atoms. The fraction of sp³-hybridized carbons (Fsp3) is 0.857. The van der Waals surface area contributed by atoms with Gasteiger partial charge in [0, 0.05) is 18.5 Å². The van der Waals surface area contributed by atoms with Crippen LogP contribution in [0, 0.1) is 11.8 Å². The highest BCUT2D eigenvalue weighted by atomic mass is 16.2. The van der Waals surface area contributed by atoms with Crippen molar-refractivity contribution in [1.82, 2.24) is 5.32 Å². The molecule has 3 fully saturated rings. The second-order valence-electron chi connectivity index (χ2n) is 3.28. The highest BCUT2D eigenvalue weighted by molar-refractivity contribution is 5.81. The smallest absolute Gasteiger partial charge is 0.223 e. The summed E-state index contributed by atoms with van der Waals surface area (Å²) in [6.45, 7) is 0.600. The van der Waals surface area contributed by atoms with Gasteiger partial charge in [-0.2, -0.15) is 0 Å². The molecule has 0 radical (unpaired) electrons. The van der Waals surface area contributed by atoms with Crippen molar-refractivity contribution < 1.29 is 4.79 Å². The van der Waals surface area contributed by atoms with E-state index in [9.17, 15) is 4.79 Å². The molecule has 0 aromatic rings. The zero-order chi connectivity index (χ0) is 7.14. The van der Waals surface area contributed by atoms with E-state index in [2.05, 4.69) is 5.32 Å². The lowest BCUT2D eigenvalue weighted by atomic mass is 9.67. The summed E-state index contributed by atoms with van der Waals surface area (Å²) < 4.78 is 0. The average molecular weight is 140 g/mol. The Morgan fingerprint density at radius 2 is 2.30 bits per heavy atom. The van der Waals surface area contributed by atoms with Gasteiger partial charge in [0.05, 0.1) is 0 Å². The number of amides is 1. The summed E-state index contributed by atoms with van der Waals surface area (Å²) in [6, 6.07) is 0.275. The van der Waals surface area contributed by atoms with Gasteiger partial charge < -0.3 is 11.1 Å². The van der Waals surface area contributed by atoms with Crippen LogP contribution in [0.25, 0.3) is 0 Å². The van der Waals surface area contributed by atoms with E-state index in [4.69, 9.17) is 5.73 Å². The van der Waals surface area contributed by atoms with Gasteiger partial charge in [0.1, 0.15) is 0 Å². The van der Waals surface area contributed by atoms with Crippen LogP contribution in [0.5, 0.6) is 0 Å². The van der Waals surface area contributed by atoms with E-state index in [-0.39, 0.29) is 11.9 Å². The molecule has 3 rings (SSSR count). The summed E-state index contributed by atoms with van der Waals surface area (Å²) >= 11 is 0. The second kappa shape index (κ2) is 1.95. The zero-order valence-corrected chi connectivity index (χ0v) is 5.84. The number of hydrogen-bond acceptors (Lipinski definition) is 2. The molecule has 56 valence electrons. The number of carbonyl (C=O) groups is 1. The van der Waals surface area contributed by atoms with Crippen molar-refractivity contribution in [1.29, 1.82) is 0 Å². The van der Waals surface area contributed by atoms with Crippen molar-refractivity contribution in [3.8, 4) is 0 Å². The molecule has 0 spiro atoms. The third-order valence-electron chi connectivity index (χ3n) is 2.70. The van der Waals surface area contributed by atoms with Crippen LogP contribution in [-0.2, 0) is 4.79 Å². The van der Waals surface area contributed by atoms with E-state index in [0.717, 1.165) is 12.8 Å². The lowest BCUT2D eigenvalue weighted by Crippen LogP contribution is -2.59. The largest absolute Gasteiger partial charge is 0.352 e. The molecule has 3 heteroatoms. The summed E-state index contributed by atoms with van der Waals surface area (Å²) in [5.74, 6) is 1.23. The van der Waals surface area contributed by atoms with E-state index in [1.54, 1.807) is 0 Å². The van der Waals surface area contributed by atoms with Crippen molar-refractivity contribution in [2.24, 2.45) is 17.6 Å². The van der Waals surface area contributed by atoms with Gasteiger partial charge in [0.25, 0.3) is 0 Å². The quantitative estimate of drug-likeness (QED) is 0.514. The molecule has 2 heterocycles. The molecule has 1 atom stereocenters. The van der Waals surface area contributed by atoms with E-state index in [0.29, 0.717) is 18.4 Å². The first kappa shape index (κ1) is 6.16. The van der Waals surface area contributed by atoms with Crippen molar-refractivity contribution in [2.75, 3.05) is 6.54 Å². The van der Waals surface area contributed by atoms with Gasteiger partial charge in [-0.15, -0.1) is 0 Å². The first-order chi connectivity index (χ1) is 4.81. The minimum absolute atomic E-state index is 0.220. The minimum atomic E-state index is 0.220. The first-order valence-corrected chi connectivity index (χ1v) is 3.81. The lowest BCUT2D eigenvalue weighted by Gasteiger charge is -2.45. The molecule has 2 saturated heterocycles. The van der Waals surface area contributed by atoms with Crippen LogP contribution >= 0.6 is 0 Å². The van der Waals surface area contributed by atoms with Crippen LogP contribution in [-0.4, -0.2) is 18.5 Å². The Morgan fingerprint density at radius 3 is 2.70 bits per heavy atom. The summed E-state index contributed by atoms with van der Waals surface area (Å²) in [5.41, 5.74) is 5.47. The highest BCUT2D eigenvalue weighted by Gasteiger charge is 2.44. The molecular formula is C7H12N2O. The van der Waals surface area contributed by atoms with Gasteiger partial charge in [-0.25, -0.2) is 0 Å². The van der Waals surface area contributed by atoms with Gasteiger partial charge in [-0.1, -0.05) is 0 Å². The Hall–Kier alpha value is -0.570. The van der Waals surface area contributed by atoms with Gasteiger partial charge in [0.2, 0.25) is 5.91 Å². The summed E-state index contributed by atoms with van der Waals surface area (Å²) in [4.78, 5) is 11.0. The monoisotopic (exact) mass is 140 g/mol. The molecule has 10 heavy (non-hydrogen) atoms. The van der Waals surface area contributed by atoms with Crippen molar-refractivity contribution in [2.45, 2.75) is 18.9 Å². The van der Waals surface area contributed by atoms with Crippen LogP contribution in [0.15, 0.2) is 0 Å². The fourth-order valence-electron chi connectivity index (χ4n) is 1.87. The molecule has 3 N–H and O–H groups in total. The SMILES string of the molecule is NCC1NC(=O)C2CC1C2. The van der Waals surface area contributed by atoms with Crippen LogP contribution in [0.1, 0.15) is 12.8 Å². The third-order valence-corrected chi connectivity index (χ3v) is 2.70. The standard InChI is InChI=1S/C7H12N2O/c8-3-6-4-1-5(2-4)7(10)9-6/h4-6H,1-3,8H2,(H,9,10). The minimum Gasteiger partial charge on any atom is -0.352 e. The van der Waals surface area contributed by atoms with Crippen LogP contribution in [0.3, 0.4) is 0 Å². The van der Waals surface area contributed by atoms with E-state index < -0.39 is 0 Å². The topological polar surface area (TPSA) is 55.1 Å². The van der Waals surface area contributed by atoms with E-state index in [1.807, 2.05) is 0 Å².